The molecule has 18 heavy (non-hydrogen) atoms. The van der Waals surface area contributed by atoms with Crippen LogP contribution in [0.25, 0.3) is 0 Å². The van der Waals surface area contributed by atoms with E-state index in [4.69, 9.17) is 4.74 Å². The second-order valence-corrected chi connectivity index (χ2v) is 4.46. The zero-order valence-electron chi connectivity index (χ0n) is 10.9. The monoisotopic (exact) mass is 251 g/mol. The number of esters is 1. The number of hydrogen-bond acceptors (Lipinski definition) is 3. The average Bonchev–Trinajstić information content (AvgIpc) is 2.37. The van der Waals surface area contributed by atoms with Crippen molar-refractivity contribution in [2.45, 2.75) is 18.4 Å². The van der Waals surface area contributed by atoms with Crippen molar-refractivity contribution >= 4 is 13.8 Å². The van der Waals surface area contributed by atoms with E-state index < -0.39 is 6.17 Å². The van der Waals surface area contributed by atoms with Crippen LogP contribution in [0.5, 0.6) is 0 Å². The number of benzene rings is 1. The van der Waals surface area contributed by atoms with Crippen LogP contribution >= 0.6 is 0 Å². The van der Waals surface area contributed by atoms with E-state index in [1.165, 1.54) is 0 Å². The zero-order valence-corrected chi connectivity index (χ0v) is 10.9. The summed E-state index contributed by atoms with van der Waals surface area (Å²) in [5.41, 5.74) is 0.525. The summed E-state index contributed by atoms with van der Waals surface area (Å²) >= 11 is 0. The molecule has 1 rings (SSSR count). The van der Waals surface area contributed by atoms with E-state index in [2.05, 4.69) is 5.32 Å². The number of carbonyl (C=O) groups is 1. The van der Waals surface area contributed by atoms with Gasteiger partial charge in [-0.15, -0.1) is 0 Å². The molecule has 1 N–H and O–H groups in total. The zero-order chi connectivity index (χ0) is 13.4. The quantitative estimate of drug-likeness (QED) is 0.584. The standard InChI is InChI=1S/C13H19BFNO2/c1-16-8-12(15)7-11(14)9-18-13(17)10-5-3-2-4-6-10/h2-6,11-12,16H,7-9,14H2,1H3/t11-,12+/m1/s1. The molecule has 0 heterocycles. The van der Waals surface area contributed by atoms with Gasteiger partial charge in [0.2, 0.25) is 0 Å². The fourth-order valence-electron chi connectivity index (χ4n) is 1.68. The number of alkyl halides is 1. The Morgan fingerprint density at radius 2 is 2.11 bits per heavy atom. The Morgan fingerprint density at radius 1 is 1.44 bits per heavy atom. The first-order valence-corrected chi connectivity index (χ1v) is 6.14. The van der Waals surface area contributed by atoms with Crippen molar-refractivity contribution in [3.05, 3.63) is 35.9 Å². The molecule has 0 aliphatic rings. The summed E-state index contributed by atoms with van der Waals surface area (Å²) in [6, 6.07) is 8.80. The van der Waals surface area contributed by atoms with Crippen molar-refractivity contribution in [3.63, 3.8) is 0 Å². The SMILES string of the molecule is B[C@@H](COC(=O)c1ccccc1)C[C@H](F)CNC. The van der Waals surface area contributed by atoms with Crippen molar-refractivity contribution < 1.29 is 13.9 Å². The van der Waals surface area contributed by atoms with Crippen LogP contribution in [0.15, 0.2) is 30.3 Å². The van der Waals surface area contributed by atoms with Crippen molar-refractivity contribution in [3.8, 4) is 0 Å². The molecule has 2 atom stereocenters. The summed E-state index contributed by atoms with van der Waals surface area (Å²) in [4.78, 5) is 11.6. The smallest absolute Gasteiger partial charge is 0.338 e. The van der Waals surface area contributed by atoms with Crippen LogP contribution in [0.4, 0.5) is 4.39 Å². The molecule has 0 unspecified atom stereocenters. The van der Waals surface area contributed by atoms with Gasteiger partial charge in [-0.1, -0.05) is 18.2 Å². The molecule has 0 amide bonds. The summed E-state index contributed by atoms with van der Waals surface area (Å²) < 4.78 is 18.4. The fraction of sp³-hybridized carbons (Fsp3) is 0.462. The molecule has 0 saturated heterocycles. The van der Waals surface area contributed by atoms with Crippen LogP contribution < -0.4 is 5.32 Å². The van der Waals surface area contributed by atoms with Crippen molar-refractivity contribution in [2.24, 2.45) is 0 Å². The average molecular weight is 251 g/mol. The minimum atomic E-state index is -0.902. The van der Waals surface area contributed by atoms with E-state index in [-0.39, 0.29) is 18.4 Å². The molecule has 0 aromatic heterocycles. The molecular formula is C13H19BFNO2. The minimum Gasteiger partial charge on any atom is -0.463 e. The lowest BCUT2D eigenvalue weighted by atomic mass is 9.83. The molecule has 0 bridgehead atoms. The van der Waals surface area contributed by atoms with E-state index >= 15 is 0 Å². The van der Waals surface area contributed by atoms with Crippen LogP contribution in [-0.2, 0) is 4.74 Å². The lowest BCUT2D eigenvalue weighted by Gasteiger charge is -2.14. The lowest BCUT2D eigenvalue weighted by molar-refractivity contribution is 0.0491. The first-order valence-electron chi connectivity index (χ1n) is 6.14. The summed E-state index contributed by atoms with van der Waals surface area (Å²) in [6.45, 7) is 0.578. The highest BCUT2D eigenvalue weighted by molar-refractivity contribution is 6.11. The topological polar surface area (TPSA) is 38.3 Å². The molecule has 5 heteroatoms. The van der Waals surface area contributed by atoms with Gasteiger partial charge in [0.15, 0.2) is 0 Å². The largest absolute Gasteiger partial charge is 0.463 e. The maximum Gasteiger partial charge on any atom is 0.338 e. The van der Waals surface area contributed by atoms with E-state index in [1.807, 2.05) is 13.9 Å². The number of nitrogens with one attached hydrogen (secondary N) is 1. The summed E-state index contributed by atoms with van der Waals surface area (Å²) in [5.74, 6) is -0.340. The molecule has 1 aromatic rings. The molecule has 0 aliphatic carbocycles. The number of hydrogen-bond donors (Lipinski definition) is 1. The van der Waals surface area contributed by atoms with Crippen LogP contribution in [-0.4, -0.2) is 40.2 Å². The van der Waals surface area contributed by atoms with Crippen molar-refractivity contribution in [1.29, 1.82) is 0 Å². The van der Waals surface area contributed by atoms with Gasteiger partial charge in [0.1, 0.15) is 14.0 Å². The van der Waals surface area contributed by atoms with Gasteiger partial charge in [0.25, 0.3) is 0 Å². The van der Waals surface area contributed by atoms with Gasteiger partial charge in [-0.3, -0.25) is 0 Å². The van der Waals surface area contributed by atoms with Gasteiger partial charge >= 0.3 is 5.97 Å². The van der Waals surface area contributed by atoms with E-state index in [0.29, 0.717) is 18.5 Å². The molecule has 0 fully saturated rings. The third-order valence-corrected chi connectivity index (χ3v) is 2.59. The van der Waals surface area contributed by atoms with Crippen LogP contribution in [0.1, 0.15) is 16.8 Å². The van der Waals surface area contributed by atoms with Crippen LogP contribution in [0.2, 0.25) is 5.82 Å². The molecule has 3 nitrogen and oxygen atoms in total. The van der Waals surface area contributed by atoms with Gasteiger partial charge in [0, 0.05) is 6.54 Å². The molecular weight excluding hydrogens is 232 g/mol. The van der Waals surface area contributed by atoms with E-state index in [0.717, 1.165) is 0 Å². The molecule has 1 aromatic carbocycles. The Kier molecular flexibility index (Phi) is 6.43. The third kappa shape index (κ3) is 5.32. The Morgan fingerprint density at radius 3 is 2.72 bits per heavy atom. The van der Waals surface area contributed by atoms with Gasteiger partial charge < -0.3 is 10.1 Å². The van der Waals surface area contributed by atoms with E-state index in [9.17, 15) is 9.18 Å². The fourth-order valence-corrected chi connectivity index (χ4v) is 1.68. The van der Waals surface area contributed by atoms with Gasteiger partial charge in [0.05, 0.1) is 12.2 Å². The molecule has 0 saturated carbocycles. The van der Waals surface area contributed by atoms with Gasteiger partial charge in [-0.2, -0.15) is 0 Å². The molecule has 98 valence electrons. The maximum absolute atomic E-state index is 13.3. The van der Waals surface area contributed by atoms with Crippen molar-refractivity contribution in [2.75, 3.05) is 20.2 Å². The van der Waals surface area contributed by atoms with Crippen molar-refractivity contribution in [1.82, 2.24) is 5.32 Å². The van der Waals surface area contributed by atoms with Gasteiger partial charge in [-0.05, 0) is 31.4 Å². The third-order valence-electron chi connectivity index (χ3n) is 2.59. The van der Waals surface area contributed by atoms with Crippen LogP contribution in [0.3, 0.4) is 0 Å². The Balaban J connectivity index is 2.30. The Labute approximate surface area is 108 Å². The normalized spacial score (nSPS) is 13.9. The predicted octanol–water partition coefficient (Wildman–Crippen LogP) is 1.21. The van der Waals surface area contributed by atoms with Gasteiger partial charge in [-0.25, -0.2) is 9.18 Å². The highest BCUT2D eigenvalue weighted by Crippen LogP contribution is 2.13. The summed E-state index contributed by atoms with van der Waals surface area (Å²) in [7, 11) is 3.59. The predicted molar refractivity (Wildman–Crippen MR) is 72.5 cm³/mol. The Hall–Kier alpha value is -1.36. The highest BCUT2D eigenvalue weighted by Gasteiger charge is 2.14. The summed E-state index contributed by atoms with van der Waals surface area (Å²) in [6.07, 6.45) is -0.511. The maximum atomic E-state index is 13.3. The summed E-state index contributed by atoms with van der Waals surface area (Å²) in [5, 5.41) is 2.78. The first kappa shape index (κ1) is 14.7. The first-order chi connectivity index (χ1) is 8.63. The second kappa shape index (κ2) is 7.87. The second-order valence-electron chi connectivity index (χ2n) is 4.46. The number of rotatable bonds is 7. The van der Waals surface area contributed by atoms with Crippen LogP contribution in [0, 0.1) is 0 Å². The molecule has 0 spiro atoms. The number of carbonyl (C=O) groups excluding carboxylic acids is 1. The Bertz CT molecular complexity index is 361. The molecule has 0 radical (unpaired) electrons. The molecule has 0 aliphatic heterocycles. The number of halogens is 1. The number of ether oxygens (including phenoxy) is 1. The highest BCUT2D eigenvalue weighted by atomic mass is 19.1. The van der Waals surface area contributed by atoms with E-state index in [1.54, 1.807) is 31.3 Å². The lowest BCUT2D eigenvalue weighted by Crippen LogP contribution is -2.23. The minimum absolute atomic E-state index is 0.0148.